The molecule has 0 radical (unpaired) electrons. The van der Waals surface area contributed by atoms with Gasteiger partial charge in [0.05, 0.1) is 0 Å². The van der Waals surface area contributed by atoms with Crippen LogP contribution < -0.4 is 0 Å². The molecular weight excluding hydrogens is 284 g/mol. The van der Waals surface area contributed by atoms with Crippen molar-refractivity contribution in [3.05, 3.63) is 52.3 Å². The van der Waals surface area contributed by atoms with E-state index in [2.05, 4.69) is 32.0 Å². The van der Waals surface area contributed by atoms with Gasteiger partial charge >= 0.3 is 0 Å². The molecule has 82 valence electrons. The van der Waals surface area contributed by atoms with E-state index in [-0.39, 0.29) is 0 Å². The van der Waals surface area contributed by atoms with Gasteiger partial charge in [-0.2, -0.15) is 0 Å². The van der Waals surface area contributed by atoms with Crippen molar-refractivity contribution in [2.24, 2.45) is 0 Å². The molecule has 1 heterocycles. The third-order valence-corrected chi connectivity index (χ3v) is 3.77. The maximum absolute atomic E-state index is 4.26. The van der Waals surface area contributed by atoms with Gasteiger partial charge in [0.2, 0.25) is 0 Å². The van der Waals surface area contributed by atoms with Crippen LogP contribution in [0.25, 0.3) is 0 Å². The minimum atomic E-state index is 0.821. The van der Waals surface area contributed by atoms with Crippen LogP contribution in [0.15, 0.2) is 46.3 Å². The Hall–Kier alpha value is -0.870. The number of hydrogen-bond acceptors (Lipinski definition) is 3. The van der Waals surface area contributed by atoms with Gasteiger partial charge in [-0.1, -0.05) is 45.9 Å². The number of aromatic nitrogens is 2. The second kappa shape index (κ2) is 5.46. The highest BCUT2D eigenvalue weighted by molar-refractivity contribution is 9.10. The number of rotatable bonds is 3. The first-order chi connectivity index (χ1) is 7.75. The molecule has 2 rings (SSSR count). The Labute approximate surface area is 108 Å². The minimum absolute atomic E-state index is 0.821. The normalized spacial score (nSPS) is 10.4. The Morgan fingerprint density at radius 1 is 1.19 bits per heavy atom. The lowest BCUT2D eigenvalue weighted by Gasteiger charge is -2.03. The number of nitrogens with zero attached hydrogens (tertiary/aromatic N) is 2. The van der Waals surface area contributed by atoms with Gasteiger partial charge < -0.3 is 0 Å². The molecule has 0 aliphatic carbocycles. The van der Waals surface area contributed by atoms with Crippen molar-refractivity contribution < 1.29 is 0 Å². The number of thioether (sulfide) groups is 1. The van der Waals surface area contributed by atoms with E-state index in [0.717, 1.165) is 20.9 Å². The molecule has 0 N–H and O–H groups in total. The van der Waals surface area contributed by atoms with Crippen LogP contribution in [0.1, 0.15) is 11.1 Å². The minimum Gasteiger partial charge on any atom is -0.231 e. The summed E-state index contributed by atoms with van der Waals surface area (Å²) in [6, 6.07) is 8.20. The Morgan fingerprint density at radius 3 is 2.56 bits per heavy atom. The first-order valence-corrected chi connectivity index (χ1v) is 6.68. The third kappa shape index (κ3) is 3.06. The highest BCUT2D eigenvalue weighted by Gasteiger charge is 2.01. The fourth-order valence-corrected chi connectivity index (χ4v) is 2.61. The van der Waals surface area contributed by atoms with Crippen LogP contribution in [0.4, 0.5) is 0 Å². The van der Waals surface area contributed by atoms with Gasteiger partial charge in [-0.25, -0.2) is 9.97 Å². The maximum atomic E-state index is 4.26. The molecule has 0 saturated carbocycles. The van der Waals surface area contributed by atoms with Crippen molar-refractivity contribution >= 4 is 27.7 Å². The summed E-state index contributed by atoms with van der Waals surface area (Å²) >= 11 is 5.17. The molecule has 16 heavy (non-hydrogen) atoms. The lowest BCUT2D eigenvalue weighted by Crippen LogP contribution is -1.88. The molecule has 2 nitrogen and oxygen atoms in total. The standard InChI is InChI=1S/C12H11BrN2S/c1-9-6-14-12(15-7-9)16-8-10-4-2-3-5-11(10)13/h2-7H,8H2,1H3. The Morgan fingerprint density at radius 2 is 1.88 bits per heavy atom. The van der Waals surface area contributed by atoms with Crippen LogP contribution in [-0.4, -0.2) is 9.97 Å². The number of benzene rings is 1. The first kappa shape index (κ1) is 11.6. The molecule has 0 unspecified atom stereocenters. The number of halogens is 1. The van der Waals surface area contributed by atoms with Crippen LogP contribution in [0, 0.1) is 6.92 Å². The van der Waals surface area contributed by atoms with Crippen molar-refractivity contribution in [3.63, 3.8) is 0 Å². The monoisotopic (exact) mass is 294 g/mol. The average Bonchev–Trinajstić information content (AvgIpc) is 2.30. The zero-order valence-electron chi connectivity index (χ0n) is 8.85. The Bertz CT molecular complexity index is 471. The van der Waals surface area contributed by atoms with Gasteiger partial charge in [-0.15, -0.1) is 0 Å². The topological polar surface area (TPSA) is 25.8 Å². The largest absolute Gasteiger partial charge is 0.231 e. The SMILES string of the molecule is Cc1cnc(SCc2ccccc2Br)nc1. The first-order valence-electron chi connectivity index (χ1n) is 4.90. The van der Waals surface area contributed by atoms with Gasteiger partial charge in [0.15, 0.2) is 5.16 Å². The Kier molecular flexibility index (Phi) is 3.96. The second-order valence-corrected chi connectivity index (χ2v) is 5.22. The smallest absolute Gasteiger partial charge is 0.187 e. The van der Waals surface area contributed by atoms with Crippen LogP contribution in [-0.2, 0) is 5.75 Å². The van der Waals surface area contributed by atoms with E-state index in [1.165, 1.54) is 5.56 Å². The molecule has 0 aliphatic rings. The summed E-state index contributed by atoms with van der Waals surface area (Å²) in [7, 11) is 0. The van der Waals surface area contributed by atoms with Crippen LogP contribution >= 0.6 is 27.7 Å². The van der Waals surface area contributed by atoms with Crippen LogP contribution in [0.5, 0.6) is 0 Å². The Balaban J connectivity index is 2.02. The predicted octanol–water partition coefficient (Wildman–Crippen LogP) is 3.84. The lowest BCUT2D eigenvalue weighted by atomic mass is 10.2. The van der Waals surface area contributed by atoms with Gasteiger partial charge in [-0.05, 0) is 24.1 Å². The van der Waals surface area contributed by atoms with E-state index in [0.29, 0.717) is 0 Å². The zero-order valence-corrected chi connectivity index (χ0v) is 11.3. The highest BCUT2D eigenvalue weighted by Crippen LogP contribution is 2.24. The van der Waals surface area contributed by atoms with Crippen molar-refractivity contribution in [2.45, 2.75) is 17.8 Å². The molecule has 0 amide bonds. The molecule has 0 spiro atoms. The quantitative estimate of drug-likeness (QED) is 0.635. The molecule has 2 aromatic rings. The summed E-state index contributed by atoms with van der Waals surface area (Å²) < 4.78 is 1.13. The number of aryl methyl sites for hydroxylation is 1. The van der Waals surface area contributed by atoms with E-state index >= 15 is 0 Å². The van der Waals surface area contributed by atoms with Crippen molar-refractivity contribution in [2.75, 3.05) is 0 Å². The summed E-state index contributed by atoms with van der Waals surface area (Å²) in [4.78, 5) is 8.52. The molecule has 0 saturated heterocycles. The van der Waals surface area contributed by atoms with Gasteiger partial charge in [-0.3, -0.25) is 0 Å². The van der Waals surface area contributed by atoms with Gasteiger partial charge in [0, 0.05) is 22.6 Å². The lowest BCUT2D eigenvalue weighted by molar-refractivity contribution is 0.949. The van der Waals surface area contributed by atoms with E-state index < -0.39 is 0 Å². The summed E-state index contributed by atoms with van der Waals surface area (Å²) in [5.41, 5.74) is 2.35. The van der Waals surface area contributed by atoms with Crippen molar-refractivity contribution in [1.29, 1.82) is 0 Å². The summed E-state index contributed by atoms with van der Waals surface area (Å²) in [6.45, 7) is 1.99. The molecule has 0 fully saturated rings. The summed E-state index contributed by atoms with van der Waals surface area (Å²) in [5, 5.41) is 0.821. The fourth-order valence-electron chi connectivity index (χ4n) is 1.21. The second-order valence-electron chi connectivity index (χ2n) is 3.42. The van der Waals surface area contributed by atoms with E-state index in [1.807, 2.05) is 37.5 Å². The highest BCUT2D eigenvalue weighted by atomic mass is 79.9. The summed E-state index contributed by atoms with van der Waals surface area (Å²) in [6.07, 6.45) is 3.69. The molecule has 4 heteroatoms. The summed E-state index contributed by atoms with van der Waals surface area (Å²) in [5.74, 6) is 0.879. The third-order valence-electron chi connectivity index (χ3n) is 2.07. The molecule has 1 aromatic carbocycles. The zero-order chi connectivity index (χ0) is 11.4. The molecular formula is C12H11BrN2S. The van der Waals surface area contributed by atoms with Crippen LogP contribution in [0.2, 0.25) is 0 Å². The van der Waals surface area contributed by atoms with Gasteiger partial charge in [0.1, 0.15) is 0 Å². The van der Waals surface area contributed by atoms with Crippen molar-refractivity contribution in [3.8, 4) is 0 Å². The van der Waals surface area contributed by atoms with Crippen LogP contribution in [0.3, 0.4) is 0 Å². The number of hydrogen-bond donors (Lipinski definition) is 0. The van der Waals surface area contributed by atoms with E-state index in [4.69, 9.17) is 0 Å². The van der Waals surface area contributed by atoms with E-state index in [1.54, 1.807) is 11.8 Å². The molecule has 0 aliphatic heterocycles. The average molecular weight is 295 g/mol. The molecule has 0 bridgehead atoms. The molecule has 0 atom stereocenters. The predicted molar refractivity (Wildman–Crippen MR) is 70.5 cm³/mol. The van der Waals surface area contributed by atoms with Gasteiger partial charge in [0.25, 0.3) is 0 Å². The van der Waals surface area contributed by atoms with Crippen molar-refractivity contribution in [1.82, 2.24) is 9.97 Å². The van der Waals surface area contributed by atoms with E-state index in [9.17, 15) is 0 Å². The maximum Gasteiger partial charge on any atom is 0.187 e. The fraction of sp³-hybridized carbons (Fsp3) is 0.167. The molecule has 1 aromatic heterocycles.